The van der Waals surface area contributed by atoms with E-state index in [0.29, 0.717) is 11.0 Å². The van der Waals surface area contributed by atoms with Crippen LogP contribution in [0.25, 0.3) is 0 Å². The number of likely N-dealkylation sites (tertiary alicyclic amines) is 1. The Bertz CT molecular complexity index is 504. The molecule has 0 aliphatic carbocycles. The fourth-order valence-corrected chi connectivity index (χ4v) is 3.17. The van der Waals surface area contributed by atoms with Gasteiger partial charge < -0.3 is 15.4 Å². The van der Waals surface area contributed by atoms with Gasteiger partial charge in [-0.1, -0.05) is 18.3 Å². The number of methoxy groups -OCH3 is 1. The molecule has 2 rings (SSSR count). The Morgan fingerprint density at radius 1 is 1.48 bits per heavy atom. The number of hydrogen-bond donors (Lipinski definition) is 1. The number of thiocarbonyl (C=S) groups is 1. The molecule has 0 spiro atoms. The van der Waals surface area contributed by atoms with E-state index in [-0.39, 0.29) is 0 Å². The van der Waals surface area contributed by atoms with E-state index >= 15 is 0 Å². The molecule has 1 aliphatic rings. The molecule has 1 saturated heterocycles. The Labute approximate surface area is 132 Å². The zero-order valence-electron chi connectivity index (χ0n) is 13.1. The molecule has 4 nitrogen and oxygen atoms in total. The van der Waals surface area contributed by atoms with E-state index in [9.17, 15) is 0 Å². The summed E-state index contributed by atoms with van der Waals surface area (Å²) in [6, 6.07) is 6.76. The molecule has 1 aromatic carbocycles. The minimum atomic E-state index is 0.389. The summed E-state index contributed by atoms with van der Waals surface area (Å²) < 4.78 is 5.32. The second-order valence-electron chi connectivity index (χ2n) is 5.93. The maximum atomic E-state index is 5.79. The number of nitrogens with zero attached hydrogens (tertiary/aromatic N) is 2. The summed E-state index contributed by atoms with van der Waals surface area (Å²) in [7, 11) is 5.91. The highest BCUT2D eigenvalue weighted by molar-refractivity contribution is 7.80. The lowest BCUT2D eigenvalue weighted by atomic mass is 10.1. The van der Waals surface area contributed by atoms with Crippen LogP contribution in [0.2, 0.25) is 0 Å². The van der Waals surface area contributed by atoms with Gasteiger partial charge in [-0.3, -0.25) is 4.90 Å². The maximum Gasteiger partial charge on any atom is 0.129 e. The van der Waals surface area contributed by atoms with Crippen LogP contribution < -0.4 is 10.5 Å². The van der Waals surface area contributed by atoms with Crippen molar-refractivity contribution in [3.63, 3.8) is 0 Å². The second kappa shape index (κ2) is 7.20. The van der Waals surface area contributed by atoms with Crippen molar-refractivity contribution in [1.82, 2.24) is 9.80 Å². The number of benzene rings is 1. The zero-order valence-corrected chi connectivity index (χ0v) is 13.9. The fourth-order valence-electron chi connectivity index (χ4n) is 3.01. The van der Waals surface area contributed by atoms with Gasteiger partial charge in [0.2, 0.25) is 0 Å². The molecule has 1 heterocycles. The molecule has 1 unspecified atom stereocenters. The first kappa shape index (κ1) is 16.2. The normalized spacial score (nSPS) is 19.1. The molecule has 0 bridgehead atoms. The predicted octanol–water partition coefficient (Wildman–Crippen LogP) is 1.86. The van der Waals surface area contributed by atoms with Gasteiger partial charge in [-0.05, 0) is 51.2 Å². The third-order valence-electron chi connectivity index (χ3n) is 3.99. The zero-order chi connectivity index (χ0) is 15.4. The summed E-state index contributed by atoms with van der Waals surface area (Å²) in [6.07, 6.45) is 2.55. The highest BCUT2D eigenvalue weighted by Crippen LogP contribution is 2.24. The van der Waals surface area contributed by atoms with E-state index in [2.05, 4.69) is 36.0 Å². The number of nitrogens with two attached hydrogens (primary N) is 1. The van der Waals surface area contributed by atoms with Crippen molar-refractivity contribution in [3.8, 4) is 5.75 Å². The first-order valence-corrected chi connectivity index (χ1v) is 7.77. The first-order chi connectivity index (χ1) is 10.0. The summed E-state index contributed by atoms with van der Waals surface area (Å²) >= 11 is 5.12. The van der Waals surface area contributed by atoms with E-state index in [0.717, 1.165) is 30.9 Å². The summed E-state index contributed by atoms with van der Waals surface area (Å²) in [6.45, 7) is 3.21. The molecule has 0 amide bonds. The lowest BCUT2D eigenvalue weighted by molar-refractivity contribution is 0.201. The fraction of sp³-hybridized carbons (Fsp3) is 0.562. The topological polar surface area (TPSA) is 41.7 Å². The molecule has 0 radical (unpaired) electrons. The molecule has 1 fully saturated rings. The van der Waals surface area contributed by atoms with Crippen LogP contribution in [-0.2, 0) is 6.54 Å². The molecule has 116 valence electrons. The van der Waals surface area contributed by atoms with Gasteiger partial charge in [0.1, 0.15) is 10.7 Å². The van der Waals surface area contributed by atoms with Gasteiger partial charge in [0.25, 0.3) is 0 Å². The third-order valence-corrected chi connectivity index (χ3v) is 4.21. The molecular formula is C16H25N3OS. The van der Waals surface area contributed by atoms with Crippen LogP contribution in [0.1, 0.15) is 24.0 Å². The third kappa shape index (κ3) is 4.15. The van der Waals surface area contributed by atoms with Gasteiger partial charge in [0, 0.05) is 19.1 Å². The van der Waals surface area contributed by atoms with Crippen LogP contribution in [0.4, 0.5) is 0 Å². The Kier molecular flexibility index (Phi) is 5.56. The minimum absolute atomic E-state index is 0.389. The van der Waals surface area contributed by atoms with Crippen LogP contribution in [-0.4, -0.2) is 55.1 Å². The van der Waals surface area contributed by atoms with E-state index < -0.39 is 0 Å². The highest BCUT2D eigenvalue weighted by atomic mass is 32.1. The number of ether oxygens (including phenoxy) is 1. The average Bonchev–Trinajstić information content (AvgIpc) is 2.85. The van der Waals surface area contributed by atoms with Crippen molar-refractivity contribution in [2.45, 2.75) is 25.4 Å². The quantitative estimate of drug-likeness (QED) is 0.813. The van der Waals surface area contributed by atoms with E-state index in [1.807, 2.05) is 6.07 Å². The van der Waals surface area contributed by atoms with Crippen molar-refractivity contribution in [1.29, 1.82) is 0 Å². The lowest BCUT2D eigenvalue weighted by Gasteiger charge is -2.27. The summed E-state index contributed by atoms with van der Waals surface area (Å²) in [4.78, 5) is 5.20. The Balaban J connectivity index is 2.12. The van der Waals surface area contributed by atoms with Crippen molar-refractivity contribution in [2.75, 3.05) is 34.3 Å². The van der Waals surface area contributed by atoms with Crippen molar-refractivity contribution < 1.29 is 4.74 Å². The Morgan fingerprint density at radius 3 is 2.86 bits per heavy atom. The molecule has 5 heteroatoms. The Morgan fingerprint density at radius 2 is 2.24 bits per heavy atom. The van der Waals surface area contributed by atoms with Gasteiger partial charge in [0.05, 0.1) is 12.7 Å². The number of hydrogen-bond acceptors (Lipinski definition) is 4. The minimum Gasteiger partial charge on any atom is -0.496 e. The number of likely N-dealkylation sites (N-methyl/N-ethyl adjacent to an activating group) is 1. The van der Waals surface area contributed by atoms with E-state index in [1.165, 1.54) is 18.4 Å². The largest absolute Gasteiger partial charge is 0.496 e. The van der Waals surface area contributed by atoms with Gasteiger partial charge in [-0.15, -0.1) is 0 Å². The smallest absolute Gasteiger partial charge is 0.129 e. The van der Waals surface area contributed by atoms with Gasteiger partial charge >= 0.3 is 0 Å². The predicted molar refractivity (Wildman–Crippen MR) is 90.9 cm³/mol. The van der Waals surface area contributed by atoms with Crippen molar-refractivity contribution in [2.24, 2.45) is 5.73 Å². The van der Waals surface area contributed by atoms with Crippen molar-refractivity contribution >= 4 is 17.2 Å². The molecule has 0 aromatic heterocycles. The molecule has 2 N–H and O–H groups in total. The van der Waals surface area contributed by atoms with E-state index in [1.54, 1.807) is 7.11 Å². The molecule has 0 saturated carbocycles. The molecule has 21 heavy (non-hydrogen) atoms. The molecule has 1 atom stereocenters. The monoisotopic (exact) mass is 307 g/mol. The van der Waals surface area contributed by atoms with Crippen LogP contribution in [0, 0.1) is 0 Å². The summed E-state index contributed by atoms with van der Waals surface area (Å²) in [5, 5.41) is 0. The van der Waals surface area contributed by atoms with Crippen LogP contribution in [0.3, 0.4) is 0 Å². The second-order valence-corrected chi connectivity index (χ2v) is 6.37. The SMILES string of the molecule is COc1ccc(CN2CCCC2CN(C)C)cc1C(N)=S. The maximum absolute atomic E-state index is 5.79. The lowest BCUT2D eigenvalue weighted by Crippen LogP contribution is -2.37. The number of rotatable bonds is 6. The van der Waals surface area contributed by atoms with Crippen LogP contribution >= 0.6 is 12.2 Å². The van der Waals surface area contributed by atoms with Gasteiger partial charge in [-0.2, -0.15) is 0 Å². The van der Waals surface area contributed by atoms with E-state index in [4.69, 9.17) is 22.7 Å². The van der Waals surface area contributed by atoms with Gasteiger partial charge in [-0.25, -0.2) is 0 Å². The average molecular weight is 307 g/mol. The van der Waals surface area contributed by atoms with Gasteiger partial charge in [0.15, 0.2) is 0 Å². The Hall–Kier alpha value is -1.17. The molecule has 1 aliphatic heterocycles. The van der Waals surface area contributed by atoms with Crippen molar-refractivity contribution in [3.05, 3.63) is 29.3 Å². The first-order valence-electron chi connectivity index (χ1n) is 7.36. The van der Waals surface area contributed by atoms with Crippen LogP contribution in [0.15, 0.2) is 18.2 Å². The summed E-state index contributed by atoms with van der Waals surface area (Å²) in [5.74, 6) is 0.748. The molecular weight excluding hydrogens is 282 g/mol. The summed E-state index contributed by atoms with van der Waals surface area (Å²) in [5.41, 5.74) is 7.86. The molecule has 1 aromatic rings. The standard InChI is InChI=1S/C16H25N3OS/c1-18(2)11-13-5-4-8-19(13)10-12-6-7-15(20-3)14(9-12)16(17)21/h6-7,9,13H,4-5,8,10-11H2,1-3H3,(H2,17,21). The highest BCUT2D eigenvalue weighted by Gasteiger charge is 2.25. The van der Waals surface area contributed by atoms with Crippen LogP contribution in [0.5, 0.6) is 5.75 Å².